The van der Waals surface area contributed by atoms with Crippen molar-refractivity contribution in [1.29, 1.82) is 5.26 Å². The highest BCUT2D eigenvalue weighted by molar-refractivity contribution is 5.86. The number of carbonyl (C=O) groups is 1. The number of aromatic amines is 1. The Morgan fingerprint density at radius 3 is 2.54 bits per heavy atom. The van der Waals surface area contributed by atoms with E-state index in [1.165, 1.54) is 0 Å². The number of nitrogens with zero attached hydrogens (tertiary/aromatic N) is 2. The van der Waals surface area contributed by atoms with Crippen LogP contribution in [0.2, 0.25) is 0 Å². The molecule has 1 amide bonds. The zero-order chi connectivity index (χ0) is 18.9. The number of alkyl halides is 3. The molecule has 26 heavy (non-hydrogen) atoms. The van der Waals surface area contributed by atoms with Crippen LogP contribution < -0.4 is 5.32 Å². The van der Waals surface area contributed by atoms with Crippen LogP contribution in [0.25, 0.3) is 16.6 Å². The van der Waals surface area contributed by atoms with E-state index >= 15 is 0 Å². The lowest BCUT2D eigenvalue weighted by Crippen LogP contribution is -2.52. The number of aliphatic hydroxyl groups is 1. The van der Waals surface area contributed by atoms with Crippen LogP contribution in [-0.2, 0) is 4.79 Å². The molecular weight excluding hydrogens is 349 g/mol. The molecule has 136 valence electrons. The molecule has 9 heteroatoms. The first kappa shape index (κ1) is 17.8. The van der Waals surface area contributed by atoms with Gasteiger partial charge in [-0.15, -0.1) is 0 Å². The number of aromatic nitrogens is 2. The van der Waals surface area contributed by atoms with Crippen molar-refractivity contribution in [2.24, 2.45) is 0 Å². The summed E-state index contributed by atoms with van der Waals surface area (Å²) in [6.45, 7) is 0. The van der Waals surface area contributed by atoms with Gasteiger partial charge in [0.05, 0.1) is 16.6 Å². The van der Waals surface area contributed by atoms with Crippen molar-refractivity contribution in [3.05, 3.63) is 35.8 Å². The lowest BCUT2D eigenvalue weighted by atomic mass is 9.91. The molecule has 3 N–H and O–H groups in total. The Bertz CT molecular complexity index is 885. The van der Waals surface area contributed by atoms with Gasteiger partial charge in [-0.3, -0.25) is 4.79 Å². The Morgan fingerprint density at radius 2 is 1.96 bits per heavy atom. The van der Waals surface area contributed by atoms with E-state index in [1.54, 1.807) is 30.3 Å². The monoisotopic (exact) mass is 364 g/mol. The number of fused-ring (bicyclic) bond motifs is 1. The van der Waals surface area contributed by atoms with Gasteiger partial charge in [0.1, 0.15) is 17.4 Å². The Hall–Kier alpha value is -3.02. The molecule has 0 unspecified atom stereocenters. The van der Waals surface area contributed by atoms with Crippen molar-refractivity contribution >= 4 is 22.5 Å². The average Bonchev–Trinajstić information content (AvgIpc) is 3.21. The van der Waals surface area contributed by atoms with E-state index in [4.69, 9.17) is 0 Å². The summed E-state index contributed by atoms with van der Waals surface area (Å²) >= 11 is 0. The van der Waals surface area contributed by atoms with Crippen molar-refractivity contribution in [1.82, 2.24) is 15.3 Å². The zero-order valence-electron chi connectivity index (χ0n) is 13.5. The third-order valence-electron chi connectivity index (χ3n) is 4.50. The topological polar surface area (TPSA) is 102 Å². The number of H-pyrrole nitrogens is 1. The predicted octanol–water partition coefficient (Wildman–Crippen LogP) is 3.35. The zero-order valence-corrected chi connectivity index (χ0v) is 13.5. The van der Waals surface area contributed by atoms with E-state index in [1.807, 2.05) is 5.32 Å². The standard InChI is InChI=1S/C17H15F3N4O2/c18-17(19,20)15(26)24-16(7-3-4-8-16)13(25)10(9-21)14-22-11-5-1-2-6-12(11)23-14/h1-2,5-6,25H,3-4,7-8H2,(H,22,23)(H,24,26)/b13-10-. The number of halogens is 3. The lowest BCUT2D eigenvalue weighted by Gasteiger charge is -2.30. The molecule has 0 radical (unpaired) electrons. The lowest BCUT2D eigenvalue weighted by molar-refractivity contribution is -0.175. The summed E-state index contributed by atoms with van der Waals surface area (Å²) in [5.41, 5.74) is -0.757. The van der Waals surface area contributed by atoms with Gasteiger partial charge in [0.2, 0.25) is 0 Å². The fraction of sp³-hybridized carbons (Fsp3) is 0.353. The Labute approximate surface area is 146 Å². The van der Waals surface area contributed by atoms with Crippen LogP contribution in [0.15, 0.2) is 30.0 Å². The molecule has 1 aromatic carbocycles. The largest absolute Gasteiger partial charge is 0.508 e. The van der Waals surface area contributed by atoms with Gasteiger partial charge in [0.15, 0.2) is 5.82 Å². The number of nitriles is 1. The summed E-state index contributed by atoms with van der Waals surface area (Å²) in [6, 6.07) is 8.70. The fourth-order valence-corrected chi connectivity index (χ4v) is 3.22. The number of imidazole rings is 1. The number of nitrogens with one attached hydrogen (secondary N) is 2. The first-order valence-corrected chi connectivity index (χ1v) is 7.95. The molecule has 1 aromatic heterocycles. The van der Waals surface area contributed by atoms with Gasteiger partial charge >= 0.3 is 12.1 Å². The molecule has 0 aliphatic heterocycles. The van der Waals surface area contributed by atoms with Crippen molar-refractivity contribution in [2.45, 2.75) is 37.4 Å². The SMILES string of the molecule is N#C/C(=C(/O)C1(NC(=O)C(F)(F)F)CCCC1)c1nc2ccccc2[nH]1. The summed E-state index contributed by atoms with van der Waals surface area (Å²) in [4.78, 5) is 18.5. The number of aliphatic hydroxyl groups excluding tert-OH is 1. The van der Waals surface area contributed by atoms with E-state index in [9.17, 15) is 28.3 Å². The van der Waals surface area contributed by atoms with Gasteiger partial charge in [-0.25, -0.2) is 4.98 Å². The van der Waals surface area contributed by atoms with Crippen LogP contribution in [-0.4, -0.2) is 32.7 Å². The second kappa shape index (κ2) is 6.37. The minimum atomic E-state index is -5.08. The summed E-state index contributed by atoms with van der Waals surface area (Å²) in [6.07, 6.45) is -3.85. The van der Waals surface area contributed by atoms with E-state index in [0.717, 1.165) is 0 Å². The van der Waals surface area contributed by atoms with E-state index in [-0.39, 0.29) is 24.2 Å². The summed E-state index contributed by atoms with van der Waals surface area (Å²) in [5.74, 6) is -2.71. The third kappa shape index (κ3) is 3.10. The van der Waals surface area contributed by atoms with Crippen molar-refractivity contribution in [2.75, 3.05) is 0 Å². The minimum absolute atomic E-state index is 0.0405. The number of amides is 1. The summed E-state index contributed by atoms with van der Waals surface area (Å²) in [7, 11) is 0. The molecule has 1 fully saturated rings. The quantitative estimate of drug-likeness (QED) is 0.574. The van der Waals surface area contributed by atoms with Crippen LogP contribution >= 0.6 is 0 Å². The van der Waals surface area contributed by atoms with E-state index < -0.39 is 23.4 Å². The molecular formula is C17H15F3N4O2. The predicted molar refractivity (Wildman–Crippen MR) is 86.7 cm³/mol. The fourth-order valence-electron chi connectivity index (χ4n) is 3.22. The number of rotatable bonds is 3. The maximum atomic E-state index is 12.7. The molecule has 1 aliphatic carbocycles. The number of hydrogen-bond donors (Lipinski definition) is 3. The molecule has 1 saturated carbocycles. The van der Waals surface area contributed by atoms with Crippen molar-refractivity contribution in [3.63, 3.8) is 0 Å². The Balaban J connectivity index is 2.06. The highest BCUT2D eigenvalue weighted by Gasteiger charge is 2.48. The number of para-hydroxylation sites is 2. The normalized spacial score (nSPS) is 17.6. The van der Waals surface area contributed by atoms with Gasteiger partial charge in [0.25, 0.3) is 0 Å². The molecule has 6 nitrogen and oxygen atoms in total. The highest BCUT2D eigenvalue weighted by Crippen LogP contribution is 2.38. The summed E-state index contributed by atoms with van der Waals surface area (Å²) < 4.78 is 38.1. The first-order chi connectivity index (χ1) is 12.3. The first-order valence-electron chi connectivity index (χ1n) is 7.95. The van der Waals surface area contributed by atoms with Gasteiger partial charge in [-0.1, -0.05) is 25.0 Å². The average molecular weight is 364 g/mol. The van der Waals surface area contributed by atoms with E-state index in [2.05, 4.69) is 9.97 Å². The van der Waals surface area contributed by atoms with Crippen LogP contribution in [0.3, 0.4) is 0 Å². The highest BCUT2D eigenvalue weighted by atomic mass is 19.4. The number of hydrogen-bond acceptors (Lipinski definition) is 4. The molecule has 1 aliphatic rings. The molecule has 2 aromatic rings. The van der Waals surface area contributed by atoms with Crippen molar-refractivity contribution < 1.29 is 23.1 Å². The maximum Gasteiger partial charge on any atom is 0.471 e. The molecule has 0 bridgehead atoms. The molecule has 3 rings (SSSR count). The Morgan fingerprint density at radius 1 is 1.31 bits per heavy atom. The Kier molecular flexibility index (Phi) is 4.36. The van der Waals surface area contributed by atoms with Crippen LogP contribution in [0.4, 0.5) is 13.2 Å². The van der Waals surface area contributed by atoms with Gasteiger partial charge in [-0.05, 0) is 25.0 Å². The smallest absolute Gasteiger partial charge is 0.471 e. The maximum absolute atomic E-state index is 12.7. The number of benzene rings is 1. The third-order valence-corrected chi connectivity index (χ3v) is 4.50. The van der Waals surface area contributed by atoms with E-state index in [0.29, 0.717) is 23.9 Å². The number of carbonyl (C=O) groups excluding carboxylic acids is 1. The van der Waals surface area contributed by atoms with Gasteiger partial charge < -0.3 is 15.4 Å². The van der Waals surface area contributed by atoms with Crippen LogP contribution in [0.1, 0.15) is 31.5 Å². The minimum Gasteiger partial charge on any atom is -0.508 e. The van der Waals surface area contributed by atoms with Gasteiger partial charge in [-0.2, -0.15) is 18.4 Å². The van der Waals surface area contributed by atoms with Crippen LogP contribution in [0.5, 0.6) is 0 Å². The second-order valence-electron chi connectivity index (χ2n) is 6.18. The van der Waals surface area contributed by atoms with Gasteiger partial charge in [0, 0.05) is 0 Å². The molecule has 0 saturated heterocycles. The summed E-state index contributed by atoms with van der Waals surface area (Å²) in [5, 5.41) is 22.0. The van der Waals surface area contributed by atoms with Crippen LogP contribution in [0, 0.1) is 11.3 Å². The molecule has 0 atom stereocenters. The number of allylic oxidation sites excluding steroid dienone is 1. The second-order valence-corrected chi connectivity index (χ2v) is 6.18. The van der Waals surface area contributed by atoms with Crippen molar-refractivity contribution in [3.8, 4) is 6.07 Å². The molecule has 0 spiro atoms. The molecule has 1 heterocycles.